The quantitative estimate of drug-likeness (QED) is 0.230. The summed E-state index contributed by atoms with van der Waals surface area (Å²) < 4.78 is 5.03. The van der Waals surface area contributed by atoms with Gasteiger partial charge in [-0.15, -0.1) is 0 Å². The summed E-state index contributed by atoms with van der Waals surface area (Å²) in [4.78, 5) is 10.5. The molecule has 0 unspecified atom stereocenters. The van der Waals surface area contributed by atoms with Crippen LogP contribution in [0.4, 0.5) is 0 Å². The molecule has 2 rings (SSSR count). The number of aliphatic hydroxyl groups excluding tert-OH is 2. The van der Waals surface area contributed by atoms with E-state index >= 15 is 0 Å². The molecule has 0 saturated heterocycles. The van der Waals surface area contributed by atoms with Crippen molar-refractivity contribution in [1.82, 2.24) is 0 Å². The predicted molar refractivity (Wildman–Crippen MR) is 104 cm³/mol. The molecule has 1 saturated carbocycles. The van der Waals surface area contributed by atoms with Crippen LogP contribution in [0.3, 0.4) is 0 Å². The van der Waals surface area contributed by atoms with E-state index in [0.717, 1.165) is 37.7 Å². The number of furan rings is 1. The standard InChI is InChI=1S/C21H33NO6/c23-16(8-7-15-11-12-28-14-15)9-10-17-18(20(24)13-19(17)22-27)5-3-1-2-4-6-21(25)26/h11-12,14,16-18,20,23-24,27H,1-10,13H2,(H,25,26)/b22-19-/t16-,17+,18+,20-/m0/s1. The predicted octanol–water partition coefficient (Wildman–Crippen LogP) is 3.61. The van der Waals surface area contributed by atoms with Gasteiger partial charge in [-0.25, -0.2) is 0 Å². The van der Waals surface area contributed by atoms with Crippen LogP contribution < -0.4 is 0 Å². The number of unbranched alkanes of at least 4 members (excludes halogenated alkanes) is 3. The molecule has 0 amide bonds. The summed E-state index contributed by atoms with van der Waals surface area (Å²) in [5.41, 5.74) is 1.69. The van der Waals surface area contributed by atoms with E-state index in [1.807, 2.05) is 6.07 Å². The first-order valence-electron chi connectivity index (χ1n) is 10.3. The highest BCUT2D eigenvalue weighted by Gasteiger charge is 2.39. The lowest BCUT2D eigenvalue weighted by Crippen LogP contribution is -2.22. The molecule has 1 aliphatic carbocycles. The largest absolute Gasteiger partial charge is 0.481 e. The number of hydrogen-bond acceptors (Lipinski definition) is 6. The lowest BCUT2D eigenvalue weighted by Gasteiger charge is -2.23. The molecule has 7 nitrogen and oxygen atoms in total. The van der Waals surface area contributed by atoms with Crippen LogP contribution in [0, 0.1) is 11.8 Å². The van der Waals surface area contributed by atoms with Gasteiger partial charge in [-0.1, -0.05) is 24.4 Å². The number of carbonyl (C=O) groups is 1. The third kappa shape index (κ3) is 7.28. The van der Waals surface area contributed by atoms with Gasteiger partial charge in [-0.05, 0) is 56.1 Å². The molecule has 0 bridgehead atoms. The van der Waals surface area contributed by atoms with Crippen LogP contribution in [0.1, 0.15) is 69.8 Å². The highest BCUT2D eigenvalue weighted by atomic mass is 16.4. The summed E-state index contributed by atoms with van der Waals surface area (Å²) in [6.07, 6.45) is 9.85. The normalized spacial score (nSPS) is 24.6. The minimum absolute atomic E-state index is 0.0115. The van der Waals surface area contributed by atoms with Gasteiger partial charge in [-0.2, -0.15) is 0 Å². The maximum absolute atomic E-state index is 10.5. The zero-order valence-electron chi connectivity index (χ0n) is 16.4. The third-order valence-electron chi connectivity index (χ3n) is 5.82. The van der Waals surface area contributed by atoms with Gasteiger partial charge in [0.1, 0.15) is 0 Å². The second-order valence-electron chi connectivity index (χ2n) is 7.88. The van der Waals surface area contributed by atoms with Crippen molar-refractivity contribution in [2.75, 3.05) is 0 Å². The van der Waals surface area contributed by atoms with Gasteiger partial charge in [0.25, 0.3) is 0 Å². The topological polar surface area (TPSA) is 123 Å². The van der Waals surface area contributed by atoms with Crippen molar-refractivity contribution >= 4 is 11.7 Å². The van der Waals surface area contributed by atoms with Gasteiger partial charge < -0.3 is 24.9 Å². The molecule has 1 aliphatic rings. The number of hydrogen-bond donors (Lipinski definition) is 4. The Morgan fingerprint density at radius 3 is 2.68 bits per heavy atom. The number of aryl methyl sites for hydroxylation is 1. The van der Waals surface area contributed by atoms with Gasteiger partial charge in [0.2, 0.25) is 0 Å². The number of aliphatic hydroxyl groups is 2. The van der Waals surface area contributed by atoms with Crippen LogP contribution >= 0.6 is 0 Å². The Hall–Kier alpha value is -1.86. The Morgan fingerprint density at radius 1 is 1.21 bits per heavy atom. The van der Waals surface area contributed by atoms with E-state index in [1.165, 1.54) is 0 Å². The second kappa shape index (κ2) is 11.9. The fourth-order valence-electron chi connectivity index (χ4n) is 4.22. The first kappa shape index (κ1) is 22.4. The van der Waals surface area contributed by atoms with Gasteiger partial charge in [0.15, 0.2) is 0 Å². The molecule has 0 aromatic carbocycles. The molecule has 1 aromatic rings. The maximum Gasteiger partial charge on any atom is 0.303 e. The van der Waals surface area contributed by atoms with Gasteiger partial charge in [-0.3, -0.25) is 4.79 Å². The number of rotatable bonds is 13. The Labute approximate surface area is 166 Å². The summed E-state index contributed by atoms with van der Waals surface area (Å²) in [7, 11) is 0. The van der Waals surface area contributed by atoms with E-state index in [-0.39, 0.29) is 18.3 Å². The number of oxime groups is 1. The number of carboxylic acid groups (broad SMARTS) is 1. The molecule has 1 heterocycles. The highest BCUT2D eigenvalue weighted by Crippen LogP contribution is 2.37. The van der Waals surface area contributed by atoms with Crippen molar-refractivity contribution in [2.45, 2.75) is 82.8 Å². The van der Waals surface area contributed by atoms with E-state index in [4.69, 9.17) is 9.52 Å². The molecule has 0 aliphatic heterocycles. The van der Waals surface area contributed by atoms with Crippen LogP contribution in [0.15, 0.2) is 28.2 Å². The SMILES string of the molecule is O=C(O)CCCCCC[C@H]1[C@@H](O)C/C(=N/O)[C@@H]1CC[C@@H](O)CCc1ccoc1. The number of aliphatic carboxylic acids is 1. The fourth-order valence-corrected chi connectivity index (χ4v) is 4.22. The van der Waals surface area contributed by atoms with Crippen molar-refractivity contribution in [2.24, 2.45) is 17.0 Å². The monoisotopic (exact) mass is 395 g/mol. The molecule has 158 valence electrons. The summed E-state index contributed by atoms with van der Waals surface area (Å²) in [6, 6.07) is 1.89. The average molecular weight is 395 g/mol. The molecule has 4 N–H and O–H groups in total. The Balaban J connectivity index is 1.75. The lowest BCUT2D eigenvalue weighted by molar-refractivity contribution is -0.137. The minimum atomic E-state index is -0.763. The first-order valence-corrected chi connectivity index (χ1v) is 10.3. The van der Waals surface area contributed by atoms with Crippen molar-refractivity contribution in [1.29, 1.82) is 0 Å². The molecule has 7 heteroatoms. The van der Waals surface area contributed by atoms with Crippen LogP contribution in [-0.2, 0) is 11.2 Å². The number of carboxylic acids is 1. The van der Waals surface area contributed by atoms with E-state index in [0.29, 0.717) is 37.8 Å². The molecule has 28 heavy (non-hydrogen) atoms. The van der Waals surface area contributed by atoms with Gasteiger partial charge in [0.05, 0.1) is 30.4 Å². The third-order valence-corrected chi connectivity index (χ3v) is 5.82. The van der Waals surface area contributed by atoms with Crippen molar-refractivity contribution in [3.8, 4) is 0 Å². The molecule has 0 spiro atoms. The molecule has 1 fully saturated rings. The van der Waals surface area contributed by atoms with Crippen molar-refractivity contribution < 1.29 is 29.7 Å². The molecule has 1 aromatic heterocycles. The molecule has 0 radical (unpaired) electrons. The van der Waals surface area contributed by atoms with Gasteiger partial charge >= 0.3 is 5.97 Å². The zero-order chi connectivity index (χ0) is 20.4. The Bertz CT molecular complexity index is 600. The molecular formula is C21H33NO6. The minimum Gasteiger partial charge on any atom is -0.481 e. The second-order valence-corrected chi connectivity index (χ2v) is 7.88. The van der Waals surface area contributed by atoms with Crippen molar-refractivity contribution in [3.05, 3.63) is 24.2 Å². The molecular weight excluding hydrogens is 362 g/mol. The summed E-state index contributed by atoms with van der Waals surface area (Å²) in [6.45, 7) is 0. The van der Waals surface area contributed by atoms with E-state index in [9.17, 15) is 20.2 Å². The Kier molecular flexibility index (Phi) is 9.50. The molecule has 4 atom stereocenters. The van der Waals surface area contributed by atoms with E-state index < -0.39 is 18.2 Å². The highest BCUT2D eigenvalue weighted by molar-refractivity contribution is 5.89. The van der Waals surface area contributed by atoms with Crippen LogP contribution in [0.25, 0.3) is 0 Å². The van der Waals surface area contributed by atoms with Crippen molar-refractivity contribution in [3.63, 3.8) is 0 Å². The maximum atomic E-state index is 10.5. The average Bonchev–Trinajstić information content (AvgIpc) is 3.28. The first-order chi connectivity index (χ1) is 13.5. The van der Waals surface area contributed by atoms with Crippen LogP contribution in [0.5, 0.6) is 0 Å². The fraction of sp³-hybridized carbons (Fsp3) is 0.714. The lowest BCUT2D eigenvalue weighted by atomic mass is 9.84. The summed E-state index contributed by atoms with van der Waals surface area (Å²) in [5, 5.41) is 42.1. The zero-order valence-corrected chi connectivity index (χ0v) is 16.4. The summed E-state index contributed by atoms with van der Waals surface area (Å²) >= 11 is 0. The van der Waals surface area contributed by atoms with E-state index in [2.05, 4.69) is 5.16 Å². The van der Waals surface area contributed by atoms with Crippen LogP contribution in [0.2, 0.25) is 0 Å². The summed E-state index contributed by atoms with van der Waals surface area (Å²) in [5.74, 6) is -0.740. The smallest absolute Gasteiger partial charge is 0.303 e. The Morgan fingerprint density at radius 2 is 2.00 bits per heavy atom. The van der Waals surface area contributed by atoms with Crippen LogP contribution in [-0.4, -0.2) is 44.4 Å². The number of nitrogens with zero attached hydrogens (tertiary/aromatic N) is 1. The van der Waals surface area contributed by atoms with E-state index in [1.54, 1.807) is 12.5 Å². The van der Waals surface area contributed by atoms with Gasteiger partial charge in [0, 0.05) is 18.8 Å².